The van der Waals surface area contributed by atoms with Gasteiger partial charge in [0.2, 0.25) is 0 Å². The average Bonchev–Trinajstić information content (AvgIpc) is 2.73. The number of sulfonamides is 1. The molecule has 0 unspecified atom stereocenters. The topological polar surface area (TPSA) is 71.1 Å². The molecule has 1 aliphatic heterocycles. The molecule has 0 bridgehead atoms. The number of nitrogens with zero attached hydrogens (tertiary/aromatic N) is 2. The van der Waals surface area contributed by atoms with E-state index in [1.54, 1.807) is 45.5 Å². The summed E-state index contributed by atoms with van der Waals surface area (Å²) in [5, 5.41) is 3.30. The Kier molecular flexibility index (Phi) is 6.43. The summed E-state index contributed by atoms with van der Waals surface area (Å²) >= 11 is 0. The Labute approximate surface area is 166 Å². The first kappa shape index (κ1) is 20.4. The number of anilines is 2. The lowest BCUT2D eigenvalue weighted by molar-refractivity contribution is 0.185. The van der Waals surface area contributed by atoms with Crippen LogP contribution in [0.4, 0.5) is 11.4 Å². The predicted molar refractivity (Wildman–Crippen MR) is 111 cm³/mol. The summed E-state index contributed by atoms with van der Waals surface area (Å²) in [6.45, 7) is 3.74. The molecule has 0 saturated carbocycles. The van der Waals surface area contributed by atoms with E-state index in [4.69, 9.17) is 9.47 Å². The van der Waals surface area contributed by atoms with Gasteiger partial charge in [0, 0.05) is 40.3 Å². The zero-order valence-corrected chi connectivity index (χ0v) is 17.3. The monoisotopic (exact) mass is 405 g/mol. The van der Waals surface area contributed by atoms with Gasteiger partial charge in [0.25, 0.3) is 10.0 Å². The molecule has 0 radical (unpaired) electrons. The number of rotatable bonds is 7. The van der Waals surface area contributed by atoms with Gasteiger partial charge < -0.3 is 19.7 Å². The number of benzene rings is 2. The quantitative estimate of drug-likeness (QED) is 0.761. The molecular weight excluding hydrogens is 378 g/mol. The molecule has 0 aromatic heterocycles. The van der Waals surface area contributed by atoms with Crippen LogP contribution in [0.5, 0.6) is 5.75 Å². The highest BCUT2D eigenvalue weighted by Crippen LogP contribution is 2.33. The number of ether oxygens (including phenoxy) is 2. The highest BCUT2D eigenvalue weighted by molar-refractivity contribution is 7.92. The van der Waals surface area contributed by atoms with Crippen LogP contribution in [-0.4, -0.2) is 55.9 Å². The third kappa shape index (κ3) is 4.24. The molecule has 152 valence electrons. The molecule has 1 saturated heterocycles. The second kappa shape index (κ2) is 8.81. The maximum absolute atomic E-state index is 13.3. The van der Waals surface area contributed by atoms with Crippen LogP contribution in [0.3, 0.4) is 0 Å². The fourth-order valence-corrected chi connectivity index (χ4v) is 4.50. The Hall–Kier alpha value is -2.29. The number of methoxy groups -OCH3 is 2. The van der Waals surface area contributed by atoms with E-state index in [-0.39, 0.29) is 4.90 Å². The Balaban J connectivity index is 1.95. The zero-order valence-electron chi connectivity index (χ0n) is 16.5. The standard InChI is InChI=1S/C20H27N3O4S/c1-22(17-6-4-5-16(13-17)15-26-2)28(24,25)18-7-8-20(27-3)19(14-18)23-11-9-21-10-12-23/h4-8,13-14,21H,9-12,15H2,1-3H3. The smallest absolute Gasteiger partial charge is 0.264 e. The molecule has 3 rings (SSSR count). The van der Waals surface area contributed by atoms with Gasteiger partial charge in [-0.2, -0.15) is 0 Å². The van der Waals surface area contributed by atoms with Gasteiger partial charge in [-0.25, -0.2) is 8.42 Å². The molecular formula is C20H27N3O4S. The van der Waals surface area contributed by atoms with E-state index in [1.165, 1.54) is 4.31 Å². The minimum Gasteiger partial charge on any atom is -0.495 e. The van der Waals surface area contributed by atoms with Crippen LogP contribution in [-0.2, 0) is 21.4 Å². The highest BCUT2D eigenvalue weighted by Gasteiger charge is 2.24. The van der Waals surface area contributed by atoms with Crippen LogP contribution in [0.15, 0.2) is 47.4 Å². The lowest BCUT2D eigenvalue weighted by Crippen LogP contribution is -2.43. The summed E-state index contributed by atoms with van der Waals surface area (Å²) in [4.78, 5) is 2.38. The van der Waals surface area contributed by atoms with Gasteiger partial charge >= 0.3 is 0 Å². The van der Waals surface area contributed by atoms with Crippen molar-refractivity contribution in [3.8, 4) is 5.75 Å². The van der Waals surface area contributed by atoms with Crippen molar-refractivity contribution in [1.29, 1.82) is 0 Å². The summed E-state index contributed by atoms with van der Waals surface area (Å²) in [6, 6.07) is 12.3. The van der Waals surface area contributed by atoms with E-state index in [1.807, 2.05) is 18.2 Å². The van der Waals surface area contributed by atoms with E-state index in [9.17, 15) is 8.42 Å². The van der Waals surface area contributed by atoms with Crippen LogP contribution in [0, 0.1) is 0 Å². The summed E-state index contributed by atoms with van der Waals surface area (Å²) in [7, 11) is 1.06. The van der Waals surface area contributed by atoms with Crippen molar-refractivity contribution in [3.05, 3.63) is 48.0 Å². The lowest BCUT2D eigenvalue weighted by atomic mass is 10.2. The molecule has 0 spiro atoms. The van der Waals surface area contributed by atoms with E-state index in [2.05, 4.69) is 10.2 Å². The van der Waals surface area contributed by atoms with Crippen LogP contribution in [0.1, 0.15) is 5.56 Å². The van der Waals surface area contributed by atoms with Crippen LogP contribution >= 0.6 is 0 Å². The number of hydrogen-bond donors (Lipinski definition) is 1. The van der Waals surface area contributed by atoms with E-state index in [0.29, 0.717) is 18.0 Å². The third-order valence-corrected chi connectivity index (χ3v) is 6.63. The molecule has 1 heterocycles. The summed E-state index contributed by atoms with van der Waals surface area (Å²) in [5.74, 6) is 0.672. The Morgan fingerprint density at radius 1 is 1.11 bits per heavy atom. The third-order valence-electron chi connectivity index (χ3n) is 4.85. The van der Waals surface area contributed by atoms with Crippen molar-refractivity contribution >= 4 is 21.4 Å². The van der Waals surface area contributed by atoms with Crippen LogP contribution < -0.4 is 19.3 Å². The SMILES string of the molecule is COCc1cccc(N(C)S(=O)(=O)c2ccc(OC)c(N3CCNCC3)c2)c1. The van der Waals surface area contributed by atoms with Gasteiger partial charge in [-0.3, -0.25) is 4.31 Å². The second-order valence-corrected chi connectivity index (χ2v) is 8.62. The first-order valence-corrected chi connectivity index (χ1v) is 10.6. The summed E-state index contributed by atoms with van der Waals surface area (Å²) in [5.41, 5.74) is 2.30. The molecule has 0 aliphatic carbocycles. The van der Waals surface area contributed by atoms with Crippen molar-refractivity contribution < 1.29 is 17.9 Å². The van der Waals surface area contributed by atoms with Crippen molar-refractivity contribution in [3.63, 3.8) is 0 Å². The van der Waals surface area contributed by atoms with Gasteiger partial charge in [-0.05, 0) is 35.9 Å². The molecule has 2 aromatic carbocycles. The minimum atomic E-state index is -3.72. The van der Waals surface area contributed by atoms with Gasteiger partial charge in [0.1, 0.15) is 5.75 Å². The highest BCUT2D eigenvalue weighted by atomic mass is 32.2. The average molecular weight is 406 g/mol. The van der Waals surface area contributed by atoms with Gasteiger partial charge in [0.15, 0.2) is 0 Å². The van der Waals surface area contributed by atoms with Crippen molar-refractivity contribution in [2.24, 2.45) is 0 Å². The fourth-order valence-electron chi connectivity index (χ4n) is 3.29. The Morgan fingerprint density at radius 2 is 1.86 bits per heavy atom. The van der Waals surface area contributed by atoms with E-state index >= 15 is 0 Å². The molecule has 1 aliphatic rings. The van der Waals surface area contributed by atoms with Crippen LogP contribution in [0.2, 0.25) is 0 Å². The van der Waals surface area contributed by atoms with Crippen molar-refractivity contribution in [2.45, 2.75) is 11.5 Å². The minimum absolute atomic E-state index is 0.237. The van der Waals surface area contributed by atoms with E-state index in [0.717, 1.165) is 37.4 Å². The normalized spacial score (nSPS) is 14.8. The first-order valence-electron chi connectivity index (χ1n) is 9.18. The maximum atomic E-state index is 13.3. The van der Waals surface area contributed by atoms with Crippen molar-refractivity contribution in [2.75, 3.05) is 56.7 Å². The molecule has 0 amide bonds. The van der Waals surface area contributed by atoms with Gasteiger partial charge in [-0.1, -0.05) is 12.1 Å². The molecule has 1 N–H and O–H groups in total. The van der Waals surface area contributed by atoms with Crippen LogP contribution in [0.25, 0.3) is 0 Å². The predicted octanol–water partition coefficient (Wildman–Crippen LogP) is 2.08. The largest absolute Gasteiger partial charge is 0.495 e. The van der Waals surface area contributed by atoms with Gasteiger partial charge in [-0.15, -0.1) is 0 Å². The molecule has 0 atom stereocenters. The Bertz CT molecular complexity index is 911. The maximum Gasteiger partial charge on any atom is 0.264 e. The molecule has 7 nitrogen and oxygen atoms in total. The number of piperazine rings is 1. The molecule has 8 heteroatoms. The molecule has 1 fully saturated rings. The zero-order chi connectivity index (χ0) is 20.1. The summed E-state index contributed by atoms with van der Waals surface area (Å²) in [6.07, 6.45) is 0. The van der Waals surface area contributed by atoms with Gasteiger partial charge in [0.05, 0.1) is 30.0 Å². The van der Waals surface area contributed by atoms with Crippen molar-refractivity contribution in [1.82, 2.24) is 5.32 Å². The van der Waals surface area contributed by atoms with E-state index < -0.39 is 10.0 Å². The number of nitrogens with one attached hydrogen (secondary N) is 1. The molecule has 28 heavy (non-hydrogen) atoms. The second-order valence-electron chi connectivity index (χ2n) is 6.65. The molecule has 2 aromatic rings. The fraction of sp³-hybridized carbons (Fsp3) is 0.400. The number of hydrogen-bond acceptors (Lipinski definition) is 6. The summed E-state index contributed by atoms with van der Waals surface area (Å²) < 4.78 is 38.4. The Morgan fingerprint density at radius 3 is 2.54 bits per heavy atom. The lowest BCUT2D eigenvalue weighted by Gasteiger charge is -2.31. The first-order chi connectivity index (χ1) is 13.5.